The molecule has 108 valence electrons. The Hall–Kier alpha value is -1.77. The van der Waals surface area contributed by atoms with E-state index >= 15 is 0 Å². The van der Waals surface area contributed by atoms with Crippen LogP contribution in [0.3, 0.4) is 0 Å². The van der Waals surface area contributed by atoms with Crippen molar-refractivity contribution in [2.75, 3.05) is 0 Å². The highest BCUT2D eigenvalue weighted by atomic mass is 16.1. The van der Waals surface area contributed by atoms with Gasteiger partial charge in [0.25, 0.3) is 5.91 Å². The largest absolute Gasteiger partial charge is 0.360 e. The monoisotopic (exact) mass is 272 g/mol. The Balaban J connectivity index is 2.20. The number of rotatable bonds is 3. The van der Waals surface area contributed by atoms with Gasteiger partial charge in [-0.15, -0.1) is 0 Å². The fourth-order valence-electron chi connectivity index (χ4n) is 3.00. The Labute approximate surface area is 120 Å². The number of hydrogen-bond acceptors (Lipinski definition) is 1. The molecule has 1 amide bonds. The van der Waals surface area contributed by atoms with Crippen molar-refractivity contribution in [2.24, 2.45) is 5.41 Å². The number of aromatic nitrogens is 1. The molecule has 0 radical (unpaired) electrons. The fraction of sp³-hybridized carbons (Fsp3) is 0.471. The number of hydrogen-bond donors (Lipinski definition) is 2. The summed E-state index contributed by atoms with van der Waals surface area (Å²) < 4.78 is 0. The molecule has 2 rings (SSSR count). The minimum atomic E-state index is -0.228. The summed E-state index contributed by atoms with van der Waals surface area (Å²) in [5, 5.41) is 4.12. The van der Waals surface area contributed by atoms with Crippen LogP contribution >= 0.6 is 0 Å². The molecule has 0 saturated heterocycles. The van der Waals surface area contributed by atoms with E-state index in [1.54, 1.807) is 6.20 Å². The van der Waals surface area contributed by atoms with E-state index in [-0.39, 0.29) is 16.9 Å². The predicted molar refractivity (Wildman–Crippen MR) is 83.9 cm³/mol. The van der Waals surface area contributed by atoms with Crippen molar-refractivity contribution >= 4 is 16.8 Å². The van der Waals surface area contributed by atoms with E-state index in [0.717, 1.165) is 17.3 Å². The first-order chi connectivity index (χ1) is 9.18. The van der Waals surface area contributed by atoms with E-state index in [4.69, 9.17) is 0 Å². The Kier molecular flexibility index (Phi) is 3.63. The lowest BCUT2D eigenvalue weighted by Crippen LogP contribution is -2.45. The lowest BCUT2D eigenvalue weighted by molar-refractivity contribution is 0.0893. The maximum atomic E-state index is 12.5. The van der Waals surface area contributed by atoms with Gasteiger partial charge in [-0.2, -0.15) is 0 Å². The molecule has 2 aromatic rings. The molecule has 0 atom stereocenters. The molecule has 1 aromatic heterocycles. The van der Waals surface area contributed by atoms with Crippen molar-refractivity contribution in [3.63, 3.8) is 0 Å². The smallest absolute Gasteiger partial charge is 0.253 e. The van der Waals surface area contributed by atoms with Gasteiger partial charge in [0.15, 0.2) is 0 Å². The Morgan fingerprint density at radius 1 is 1.15 bits per heavy atom. The minimum absolute atomic E-state index is 0.0169. The molecular formula is C17H24N2O. The molecule has 20 heavy (non-hydrogen) atoms. The van der Waals surface area contributed by atoms with Gasteiger partial charge in [0.2, 0.25) is 0 Å². The molecule has 0 aliphatic heterocycles. The lowest BCUT2D eigenvalue weighted by atomic mass is 9.81. The molecule has 0 bridgehead atoms. The molecule has 0 spiro atoms. The number of amides is 1. The number of nitrogens with one attached hydrogen (secondary N) is 2. The van der Waals surface area contributed by atoms with Gasteiger partial charge in [0, 0.05) is 22.6 Å². The number of H-pyrrole nitrogens is 1. The average Bonchev–Trinajstić information content (AvgIpc) is 2.68. The van der Waals surface area contributed by atoms with Gasteiger partial charge >= 0.3 is 0 Å². The number of carbonyl (C=O) groups excluding carboxylic acids is 1. The van der Waals surface area contributed by atoms with Crippen molar-refractivity contribution in [1.29, 1.82) is 0 Å². The van der Waals surface area contributed by atoms with Crippen LogP contribution in [0.15, 0.2) is 30.5 Å². The topological polar surface area (TPSA) is 44.9 Å². The predicted octanol–water partition coefficient (Wildman–Crippen LogP) is 4.11. The number of benzene rings is 1. The van der Waals surface area contributed by atoms with Crippen molar-refractivity contribution in [2.45, 2.75) is 46.6 Å². The van der Waals surface area contributed by atoms with Gasteiger partial charge in [-0.1, -0.05) is 39.0 Å². The summed E-state index contributed by atoms with van der Waals surface area (Å²) in [6.45, 7) is 10.7. The van der Waals surface area contributed by atoms with E-state index in [9.17, 15) is 4.79 Å². The second kappa shape index (κ2) is 4.97. The van der Waals surface area contributed by atoms with Crippen molar-refractivity contribution in [1.82, 2.24) is 10.3 Å². The standard InChI is InChI=1S/C17H24N2O/c1-16(2,3)11-17(4,5)19-15(20)13-10-18-14-9-7-6-8-12(13)14/h6-10,18H,11H2,1-5H3,(H,19,20). The summed E-state index contributed by atoms with van der Waals surface area (Å²) in [7, 11) is 0. The first-order valence-electron chi connectivity index (χ1n) is 7.07. The zero-order chi connectivity index (χ0) is 15.0. The van der Waals surface area contributed by atoms with Crippen LogP contribution in [-0.2, 0) is 0 Å². The SMILES string of the molecule is CC(C)(C)CC(C)(C)NC(=O)c1c[nH]c2ccccc12. The maximum Gasteiger partial charge on any atom is 0.253 e. The molecule has 3 nitrogen and oxygen atoms in total. The van der Waals surface area contributed by atoms with Crippen LogP contribution in [0.1, 0.15) is 51.4 Å². The quantitative estimate of drug-likeness (QED) is 0.867. The second-order valence-electron chi connectivity index (χ2n) is 7.32. The Morgan fingerprint density at radius 2 is 1.80 bits per heavy atom. The highest BCUT2D eigenvalue weighted by Gasteiger charge is 2.28. The van der Waals surface area contributed by atoms with Gasteiger partial charge in [0.05, 0.1) is 5.56 Å². The first kappa shape index (κ1) is 14.6. The van der Waals surface area contributed by atoms with Crippen LogP contribution in [0.4, 0.5) is 0 Å². The van der Waals surface area contributed by atoms with Crippen LogP contribution in [-0.4, -0.2) is 16.4 Å². The summed E-state index contributed by atoms with van der Waals surface area (Å²) in [4.78, 5) is 15.6. The van der Waals surface area contributed by atoms with Gasteiger partial charge < -0.3 is 10.3 Å². The summed E-state index contributed by atoms with van der Waals surface area (Å²) in [5.41, 5.74) is 1.65. The third kappa shape index (κ3) is 3.41. The van der Waals surface area contributed by atoms with Crippen molar-refractivity contribution in [3.8, 4) is 0 Å². The number of para-hydroxylation sites is 1. The third-order valence-electron chi connectivity index (χ3n) is 3.26. The third-order valence-corrected chi connectivity index (χ3v) is 3.26. The zero-order valence-electron chi connectivity index (χ0n) is 13.0. The molecule has 1 heterocycles. The fourth-order valence-corrected chi connectivity index (χ4v) is 3.00. The van der Waals surface area contributed by atoms with Crippen LogP contribution in [0.2, 0.25) is 0 Å². The minimum Gasteiger partial charge on any atom is -0.360 e. The molecule has 1 aromatic carbocycles. The van der Waals surface area contributed by atoms with E-state index in [0.29, 0.717) is 5.56 Å². The van der Waals surface area contributed by atoms with Crippen LogP contribution < -0.4 is 5.32 Å². The summed E-state index contributed by atoms with van der Waals surface area (Å²) in [6, 6.07) is 7.86. The normalized spacial score (nSPS) is 12.7. The van der Waals surface area contributed by atoms with Gasteiger partial charge in [-0.05, 0) is 31.7 Å². The van der Waals surface area contributed by atoms with Gasteiger partial charge in [0.1, 0.15) is 0 Å². The highest BCUT2D eigenvalue weighted by Crippen LogP contribution is 2.27. The van der Waals surface area contributed by atoms with E-state index in [2.05, 4.69) is 44.9 Å². The molecule has 0 aliphatic rings. The average molecular weight is 272 g/mol. The number of carbonyl (C=O) groups is 1. The first-order valence-corrected chi connectivity index (χ1v) is 7.07. The lowest BCUT2D eigenvalue weighted by Gasteiger charge is -2.33. The highest BCUT2D eigenvalue weighted by molar-refractivity contribution is 6.06. The molecule has 3 heteroatoms. The Morgan fingerprint density at radius 3 is 2.45 bits per heavy atom. The molecule has 2 N–H and O–H groups in total. The molecular weight excluding hydrogens is 248 g/mol. The summed E-state index contributed by atoms with van der Waals surface area (Å²) >= 11 is 0. The van der Waals surface area contributed by atoms with E-state index < -0.39 is 0 Å². The molecule has 0 saturated carbocycles. The van der Waals surface area contributed by atoms with Gasteiger partial charge in [-0.25, -0.2) is 0 Å². The van der Waals surface area contributed by atoms with Crippen molar-refractivity contribution < 1.29 is 4.79 Å². The Bertz CT molecular complexity index is 617. The van der Waals surface area contributed by atoms with Crippen LogP contribution in [0.5, 0.6) is 0 Å². The number of fused-ring (bicyclic) bond motifs is 1. The van der Waals surface area contributed by atoms with E-state index in [1.165, 1.54) is 0 Å². The van der Waals surface area contributed by atoms with Crippen LogP contribution in [0.25, 0.3) is 10.9 Å². The van der Waals surface area contributed by atoms with Gasteiger partial charge in [-0.3, -0.25) is 4.79 Å². The van der Waals surface area contributed by atoms with Crippen LogP contribution in [0, 0.1) is 5.41 Å². The molecule has 0 unspecified atom stereocenters. The molecule has 0 fully saturated rings. The second-order valence-corrected chi connectivity index (χ2v) is 7.32. The summed E-state index contributed by atoms with van der Waals surface area (Å²) in [6.07, 6.45) is 2.71. The zero-order valence-corrected chi connectivity index (χ0v) is 13.0. The maximum absolute atomic E-state index is 12.5. The van der Waals surface area contributed by atoms with E-state index in [1.807, 2.05) is 24.3 Å². The van der Waals surface area contributed by atoms with Crippen molar-refractivity contribution in [3.05, 3.63) is 36.0 Å². The number of aromatic amines is 1. The summed E-state index contributed by atoms with van der Waals surface area (Å²) in [5.74, 6) is -0.0169. The molecule has 0 aliphatic carbocycles.